The van der Waals surface area contributed by atoms with Crippen LogP contribution in [0.2, 0.25) is 0 Å². The summed E-state index contributed by atoms with van der Waals surface area (Å²) in [4.78, 5) is 27.5. The average molecular weight is 390 g/mol. The molecule has 1 aliphatic carbocycles. The molecule has 2 aromatic rings. The predicted octanol–water partition coefficient (Wildman–Crippen LogP) is 5.02. The minimum Gasteiger partial charge on any atom is -0.462 e. The lowest BCUT2D eigenvalue weighted by Crippen LogP contribution is -2.16. The first-order chi connectivity index (χ1) is 12.5. The van der Waals surface area contributed by atoms with E-state index in [2.05, 4.69) is 12.2 Å². The van der Waals surface area contributed by atoms with Gasteiger partial charge in [-0.25, -0.2) is 4.79 Å². The molecule has 1 aromatic heterocycles. The van der Waals surface area contributed by atoms with Crippen LogP contribution < -0.4 is 5.32 Å². The zero-order valence-corrected chi connectivity index (χ0v) is 16.9. The van der Waals surface area contributed by atoms with Crippen LogP contribution in [0, 0.1) is 5.92 Å². The standard InChI is InChI=1S/C20H23NO3S2/c1-4-24-20(23)17-15-10-5-12(2)11-16(15)26-19(17)21-18(22)13-6-8-14(25-3)9-7-13/h6-9,12H,4-5,10-11H2,1-3H3,(H,21,22)/t12-/m0/s1. The summed E-state index contributed by atoms with van der Waals surface area (Å²) < 4.78 is 5.25. The Bertz CT molecular complexity index is 811. The maximum absolute atomic E-state index is 12.7. The number of fused-ring (bicyclic) bond motifs is 1. The normalized spacial score (nSPS) is 16.0. The Kier molecular flexibility index (Phi) is 6.04. The van der Waals surface area contributed by atoms with E-state index >= 15 is 0 Å². The van der Waals surface area contributed by atoms with Gasteiger partial charge in [0.05, 0.1) is 12.2 Å². The molecule has 0 saturated heterocycles. The fourth-order valence-corrected chi connectivity index (χ4v) is 4.98. The number of thioether (sulfide) groups is 1. The Morgan fingerprint density at radius 2 is 2.04 bits per heavy atom. The molecule has 0 bridgehead atoms. The maximum Gasteiger partial charge on any atom is 0.341 e. The number of benzene rings is 1. The summed E-state index contributed by atoms with van der Waals surface area (Å²) in [5.41, 5.74) is 2.18. The highest BCUT2D eigenvalue weighted by Gasteiger charge is 2.29. The summed E-state index contributed by atoms with van der Waals surface area (Å²) in [5.74, 6) is 0.0567. The van der Waals surface area contributed by atoms with Crippen LogP contribution in [0.5, 0.6) is 0 Å². The Hall–Kier alpha value is -1.79. The number of hydrogen-bond acceptors (Lipinski definition) is 5. The molecule has 1 aromatic carbocycles. The van der Waals surface area contributed by atoms with Crippen molar-refractivity contribution in [2.75, 3.05) is 18.2 Å². The lowest BCUT2D eigenvalue weighted by molar-refractivity contribution is 0.0526. The fraction of sp³-hybridized carbons (Fsp3) is 0.400. The molecule has 0 spiro atoms. The van der Waals surface area contributed by atoms with Crippen LogP contribution in [0.15, 0.2) is 29.2 Å². The van der Waals surface area contributed by atoms with E-state index in [1.165, 1.54) is 16.2 Å². The monoisotopic (exact) mass is 389 g/mol. The number of carbonyl (C=O) groups is 2. The Labute approximate surface area is 162 Å². The van der Waals surface area contributed by atoms with Crippen molar-refractivity contribution in [3.8, 4) is 0 Å². The summed E-state index contributed by atoms with van der Waals surface area (Å²) in [6, 6.07) is 7.46. The Morgan fingerprint density at radius 3 is 2.69 bits per heavy atom. The van der Waals surface area contributed by atoms with E-state index in [4.69, 9.17) is 4.74 Å². The molecule has 1 N–H and O–H groups in total. The number of hydrogen-bond donors (Lipinski definition) is 1. The molecule has 0 fully saturated rings. The number of anilines is 1. The topological polar surface area (TPSA) is 55.4 Å². The van der Waals surface area contributed by atoms with Crippen molar-refractivity contribution in [3.05, 3.63) is 45.8 Å². The Balaban J connectivity index is 1.90. The number of esters is 1. The molecule has 6 heteroatoms. The van der Waals surface area contributed by atoms with Gasteiger partial charge < -0.3 is 10.1 Å². The van der Waals surface area contributed by atoms with Crippen molar-refractivity contribution in [1.82, 2.24) is 0 Å². The van der Waals surface area contributed by atoms with Crippen molar-refractivity contribution in [1.29, 1.82) is 0 Å². The SMILES string of the molecule is CCOC(=O)c1c(NC(=O)c2ccc(SC)cc2)sc2c1CC[C@H](C)C2. The van der Waals surface area contributed by atoms with Crippen molar-refractivity contribution in [2.45, 2.75) is 38.0 Å². The highest BCUT2D eigenvalue weighted by Crippen LogP contribution is 2.40. The third kappa shape index (κ3) is 3.96. The molecule has 3 rings (SSSR count). The molecule has 0 radical (unpaired) electrons. The second kappa shape index (κ2) is 8.27. The van der Waals surface area contributed by atoms with Crippen LogP contribution in [-0.4, -0.2) is 24.7 Å². The van der Waals surface area contributed by atoms with E-state index in [0.29, 0.717) is 28.7 Å². The van der Waals surface area contributed by atoms with E-state index in [1.807, 2.05) is 18.4 Å². The fourth-order valence-electron chi connectivity index (χ4n) is 3.18. The van der Waals surface area contributed by atoms with Crippen LogP contribution in [-0.2, 0) is 17.6 Å². The smallest absolute Gasteiger partial charge is 0.341 e. The minimum absolute atomic E-state index is 0.199. The molecule has 0 saturated carbocycles. The number of carbonyl (C=O) groups excluding carboxylic acids is 2. The molecule has 0 aliphatic heterocycles. The van der Waals surface area contributed by atoms with E-state index < -0.39 is 0 Å². The number of nitrogens with one attached hydrogen (secondary N) is 1. The van der Waals surface area contributed by atoms with Gasteiger partial charge in [0.1, 0.15) is 5.00 Å². The van der Waals surface area contributed by atoms with E-state index in [-0.39, 0.29) is 11.9 Å². The summed E-state index contributed by atoms with van der Waals surface area (Å²) in [6.07, 6.45) is 4.86. The van der Waals surface area contributed by atoms with Crippen molar-refractivity contribution in [2.24, 2.45) is 5.92 Å². The summed E-state index contributed by atoms with van der Waals surface area (Å²) in [5, 5.41) is 3.56. The highest BCUT2D eigenvalue weighted by atomic mass is 32.2. The maximum atomic E-state index is 12.7. The zero-order chi connectivity index (χ0) is 18.7. The summed E-state index contributed by atoms with van der Waals surface area (Å²) >= 11 is 3.15. The lowest BCUT2D eigenvalue weighted by Gasteiger charge is -2.18. The second-order valence-electron chi connectivity index (χ2n) is 6.46. The summed E-state index contributed by atoms with van der Waals surface area (Å²) in [7, 11) is 0. The van der Waals surface area contributed by atoms with Gasteiger partial charge in [-0.1, -0.05) is 6.92 Å². The first-order valence-corrected chi connectivity index (χ1v) is 10.8. The number of rotatable bonds is 5. The Morgan fingerprint density at radius 1 is 1.31 bits per heavy atom. The van der Waals surface area contributed by atoms with Gasteiger partial charge in [-0.2, -0.15) is 0 Å². The molecule has 138 valence electrons. The van der Waals surface area contributed by atoms with Crippen molar-refractivity contribution >= 4 is 40.0 Å². The lowest BCUT2D eigenvalue weighted by atomic mass is 9.88. The van der Waals surface area contributed by atoms with Crippen LogP contribution in [0.25, 0.3) is 0 Å². The molecule has 1 atom stereocenters. The van der Waals surface area contributed by atoms with Crippen LogP contribution >= 0.6 is 23.1 Å². The van der Waals surface area contributed by atoms with Gasteiger partial charge in [0, 0.05) is 15.3 Å². The molecule has 1 amide bonds. The van der Waals surface area contributed by atoms with Gasteiger partial charge >= 0.3 is 5.97 Å². The van der Waals surface area contributed by atoms with Gasteiger partial charge in [0.15, 0.2) is 0 Å². The minimum atomic E-state index is -0.340. The predicted molar refractivity (Wildman–Crippen MR) is 108 cm³/mol. The third-order valence-electron chi connectivity index (χ3n) is 4.57. The zero-order valence-electron chi connectivity index (χ0n) is 15.3. The molecular weight excluding hydrogens is 366 g/mol. The number of thiophene rings is 1. The largest absolute Gasteiger partial charge is 0.462 e. The molecule has 0 unspecified atom stereocenters. The van der Waals surface area contributed by atoms with Crippen LogP contribution in [0.3, 0.4) is 0 Å². The first-order valence-electron chi connectivity index (χ1n) is 8.80. The third-order valence-corrected chi connectivity index (χ3v) is 6.48. The van der Waals surface area contributed by atoms with E-state index in [1.54, 1.807) is 30.8 Å². The molecular formula is C20H23NO3S2. The van der Waals surface area contributed by atoms with Gasteiger partial charge in [0.2, 0.25) is 0 Å². The van der Waals surface area contributed by atoms with Crippen LogP contribution in [0.4, 0.5) is 5.00 Å². The quantitative estimate of drug-likeness (QED) is 0.576. The average Bonchev–Trinajstić information content (AvgIpc) is 2.98. The van der Waals surface area contributed by atoms with Crippen molar-refractivity contribution < 1.29 is 14.3 Å². The first kappa shape index (κ1) is 19.0. The second-order valence-corrected chi connectivity index (χ2v) is 8.44. The number of amides is 1. The molecule has 26 heavy (non-hydrogen) atoms. The van der Waals surface area contributed by atoms with E-state index in [0.717, 1.165) is 29.7 Å². The van der Waals surface area contributed by atoms with Gasteiger partial charge in [0.25, 0.3) is 5.91 Å². The van der Waals surface area contributed by atoms with Gasteiger partial charge in [-0.3, -0.25) is 4.79 Å². The summed E-state index contributed by atoms with van der Waals surface area (Å²) in [6.45, 7) is 4.34. The van der Waals surface area contributed by atoms with Crippen molar-refractivity contribution in [3.63, 3.8) is 0 Å². The molecule has 4 nitrogen and oxygen atoms in total. The van der Waals surface area contributed by atoms with Gasteiger partial charge in [-0.05, 0) is 68.2 Å². The highest BCUT2D eigenvalue weighted by molar-refractivity contribution is 7.98. The molecule has 1 heterocycles. The van der Waals surface area contributed by atoms with Crippen LogP contribution in [0.1, 0.15) is 51.4 Å². The van der Waals surface area contributed by atoms with Gasteiger partial charge in [-0.15, -0.1) is 23.1 Å². The molecule has 1 aliphatic rings. The van der Waals surface area contributed by atoms with E-state index in [9.17, 15) is 9.59 Å². The number of ether oxygens (including phenoxy) is 1.